The van der Waals surface area contributed by atoms with Crippen LogP contribution < -0.4 is 5.73 Å². The van der Waals surface area contributed by atoms with Crippen molar-refractivity contribution in [1.82, 2.24) is 4.98 Å². The third-order valence-electron chi connectivity index (χ3n) is 1.70. The molecule has 1 atom stereocenters. The first-order valence-electron chi connectivity index (χ1n) is 3.95. The summed E-state index contributed by atoms with van der Waals surface area (Å²) in [6.07, 6.45) is 2.67. The molecule has 0 aliphatic rings. The van der Waals surface area contributed by atoms with Gasteiger partial charge in [0.1, 0.15) is 0 Å². The quantitative estimate of drug-likeness (QED) is 0.729. The fourth-order valence-electron chi connectivity index (χ4n) is 1.18. The van der Waals surface area contributed by atoms with E-state index in [0.717, 1.165) is 17.1 Å². The van der Waals surface area contributed by atoms with Gasteiger partial charge in [-0.1, -0.05) is 6.08 Å². The molecule has 0 spiro atoms. The van der Waals surface area contributed by atoms with E-state index in [1.54, 1.807) is 11.3 Å². The Hall–Kier alpha value is -0.670. The molecule has 0 aliphatic heterocycles. The lowest BCUT2D eigenvalue weighted by Crippen LogP contribution is -2.08. The number of aryl methyl sites for hydroxylation is 2. The lowest BCUT2D eigenvalue weighted by Gasteiger charge is -2.05. The van der Waals surface area contributed by atoms with E-state index in [4.69, 9.17) is 5.73 Å². The van der Waals surface area contributed by atoms with Crippen molar-refractivity contribution in [2.24, 2.45) is 5.73 Å². The minimum Gasteiger partial charge on any atom is -0.323 e. The lowest BCUT2D eigenvalue weighted by atomic mass is 10.1. The Kier molecular flexibility index (Phi) is 3.00. The van der Waals surface area contributed by atoms with Gasteiger partial charge in [0.05, 0.1) is 10.7 Å². The Morgan fingerprint density at radius 2 is 2.33 bits per heavy atom. The summed E-state index contributed by atoms with van der Waals surface area (Å²) in [6.45, 7) is 7.67. The summed E-state index contributed by atoms with van der Waals surface area (Å²) in [5, 5.41) is 1.09. The SMILES string of the molecule is C=CCC(N)c1sc(C)nc1C. The first kappa shape index (κ1) is 9.42. The minimum absolute atomic E-state index is 0.0775. The molecule has 3 heteroatoms. The van der Waals surface area contributed by atoms with Gasteiger partial charge in [-0.15, -0.1) is 17.9 Å². The topological polar surface area (TPSA) is 38.9 Å². The van der Waals surface area contributed by atoms with Gasteiger partial charge in [0, 0.05) is 10.9 Å². The second-order valence-corrected chi connectivity index (χ2v) is 4.05. The maximum Gasteiger partial charge on any atom is 0.0900 e. The van der Waals surface area contributed by atoms with Crippen LogP contribution in [0.5, 0.6) is 0 Å². The van der Waals surface area contributed by atoms with Crippen molar-refractivity contribution in [2.75, 3.05) is 0 Å². The molecule has 0 saturated heterocycles. The molecule has 0 radical (unpaired) electrons. The molecule has 1 rings (SSSR count). The molecule has 0 aromatic carbocycles. The fraction of sp³-hybridized carbons (Fsp3) is 0.444. The molecule has 1 aromatic rings. The van der Waals surface area contributed by atoms with Crippen LogP contribution in [0.1, 0.15) is 28.0 Å². The maximum absolute atomic E-state index is 5.92. The van der Waals surface area contributed by atoms with Crippen LogP contribution >= 0.6 is 11.3 Å². The summed E-state index contributed by atoms with van der Waals surface area (Å²) in [5.74, 6) is 0. The average molecular weight is 182 g/mol. The van der Waals surface area contributed by atoms with Crippen molar-refractivity contribution >= 4 is 11.3 Å². The zero-order chi connectivity index (χ0) is 9.14. The van der Waals surface area contributed by atoms with Crippen LogP contribution in [-0.2, 0) is 0 Å². The van der Waals surface area contributed by atoms with Crippen LogP contribution in [0, 0.1) is 13.8 Å². The molecule has 0 bridgehead atoms. The number of aromatic nitrogens is 1. The van der Waals surface area contributed by atoms with Gasteiger partial charge in [-0.2, -0.15) is 0 Å². The van der Waals surface area contributed by atoms with Gasteiger partial charge in [-0.25, -0.2) is 4.98 Å². The summed E-state index contributed by atoms with van der Waals surface area (Å²) in [5.41, 5.74) is 6.98. The van der Waals surface area contributed by atoms with Gasteiger partial charge in [-0.3, -0.25) is 0 Å². The summed E-state index contributed by atoms with van der Waals surface area (Å²) in [4.78, 5) is 5.51. The Morgan fingerprint density at radius 3 is 2.75 bits per heavy atom. The third kappa shape index (κ3) is 1.93. The standard InChI is InChI=1S/C9H14N2S/c1-4-5-8(10)9-6(2)11-7(3)12-9/h4,8H,1,5,10H2,2-3H3. The largest absolute Gasteiger partial charge is 0.323 e. The van der Waals surface area contributed by atoms with Gasteiger partial charge in [0.2, 0.25) is 0 Å². The molecule has 0 fully saturated rings. The Labute approximate surface area is 77.1 Å². The van der Waals surface area contributed by atoms with Gasteiger partial charge >= 0.3 is 0 Å². The Bertz CT molecular complexity index is 278. The predicted molar refractivity (Wildman–Crippen MR) is 53.3 cm³/mol. The first-order valence-corrected chi connectivity index (χ1v) is 4.77. The molecule has 0 amide bonds. The zero-order valence-corrected chi connectivity index (χ0v) is 8.32. The van der Waals surface area contributed by atoms with Crippen molar-refractivity contribution < 1.29 is 0 Å². The fourth-order valence-corrected chi connectivity index (χ4v) is 2.12. The van der Waals surface area contributed by atoms with Gasteiger partial charge in [-0.05, 0) is 20.3 Å². The highest BCUT2D eigenvalue weighted by atomic mass is 32.1. The van der Waals surface area contributed by atoms with Gasteiger partial charge in [0.15, 0.2) is 0 Å². The van der Waals surface area contributed by atoms with E-state index in [9.17, 15) is 0 Å². The van der Waals surface area contributed by atoms with Gasteiger partial charge in [0.25, 0.3) is 0 Å². The Balaban J connectivity index is 2.85. The first-order chi connectivity index (χ1) is 5.65. The highest BCUT2D eigenvalue weighted by Crippen LogP contribution is 2.25. The normalized spacial score (nSPS) is 12.9. The highest BCUT2D eigenvalue weighted by Gasteiger charge is 2.11. The number of hydrogen-bond acceptors (Lipinski definition) is 3. The molecule has 0 aliphatic carbocycles. The summed E-state index contributed by atoms with van der Waals surface area (Å²) < 4.78 is 0. The molecule has 1 heterocycles. The number of thiazole rings is 1. The zero-order valence-electron chi connectivity index (χ0n) is 7.50. The highest BCUT2D eigenvalue weighted by molar-refractivity contribution is 7.11. The van der Waals surface area contributed by atoms with E-state index in [-0.39, 0.29) is 6.04 Å². The maximum atomic E-state index is 5.92. The lowest BCUT2D eigenvalue weighted by molar-refractivity contribution is 0.749. The van der Waals surface area contributed by atoms with Crippen molar-refractivity contribution in [3.8, 4) is 0 Å². The summed E-state index contributed by atoms with van der Waals surface area (Å²) in [7, 11) is 0. The monoisotopic (exact) mass is 182 g/mol. The van der Waals surface area contributed by atoms with Crippen LogP contribution in [-0.4, -0.2) is 4.98 Å². The number of hydrogen-bond donors (Lipinski definition) is 1. The van der Waals surface area contributed by atoms with E-state index in [1.165, 1.54) is 4.88 Å². The van der Waals surface area contributed by atoms with Crippen molar-refractivity contribution in [1.29, 1.82) is 0 Å². The Morgan fingerprint density at radius 1 is 1.67 bits per heavy atom. The van der Waals surface area contributed by atoms with Crippen molar-refractivity contribution in [3.05, 3.63) is 28.2 Å². The molecule has 2 N–H and O–H groups in total. The second kappa shape index (κ2) is 3.83. The predicted octanol–water partition coefficient (Wildman–Crippen LogP) is 2.34. The van der Waals surface area contributed by atoms with Gasteiger partial charge < -0.3 is 5.73 Å². The molecular formula is C9H14N2S. The average Bonchev–Trinajstić information content (AvgIpc) is 2.30. The van der Waals surface area contributed by atoms with E-state index in [0.29, 0.717) is 0 Å². The molecule has 12 heavy (non-hydrogen) atoms. The molecule has 1 aromatic heterocycles. The minimum atomic E-state index is 0.0775. The van der Waals surface area contributed by atoms with Crippen molar-refractivity contribution in [2.45, 2.75) is 26.3 Å². The summed E-state index contributed by atoms with van der Waals surface area (Å²) >= 11 is 1.68. The number of rotatable bonds is 3. The van der Waals surface area contributed by atoms with Crippen LogP contribution in [0.3, 0.4) is 0 Å². The number of nitrogens with two attached hydrogens (primary N) is 1. The molecule has 0 saturated carbocycles. The van der Waals surface area contributed by atoms with E-state index >= 15 is 0 Å². The second-order valence-electron chi connectivity index (χ2n) is 2.81. The third-order valence-corrected chi connectivity index (χ3v) is 2.90. The van der Waals surface area contributed by atoms with E-state index in [2.05, 4.69) is 11.6 Å². The van der Waals surface area contributed by atoms with Crippen LogP contribution in [0.2, 0.25) is 0 Å². The molecule has 2 nitrogen and oxygen atoms in total. The van der Waals surface area contributed by atoms with Crippen molar-refractivity contribution in [3.63, 3.8) is 0 Å². The van der Waals surface area contributed by atoms with Crippen LogP contribution in [0.25, 0.3) is 0 Å². The summed E-state index contributed by atoms with van der Waals surface area (Å²) in [6, 6.07) is 0.0775. The number of nitrogens with zero attached hydrogens (tertiary/aromatic N) is 1. The van der Waals surface area contributed by atoms with E-state index < -0.39 is 0 Å². The van der Waals surface area contributed by atoms with Crippen LogP contribution in [0.4, 0.5) is 0 Å². The molecular weight excluding hydrogens is 168 g/mol. The molecule has 1 unspecified atom stereocenters. The van der Waals surface area contributed by atoms with E-state index in [1.807, 2.05) is 19.9 Å². The smallest absolute Gasteiger partial charge is 0.0900 e. The van der Waals surface area contributed by atoms with Crippen LogP contribution in [0.15, 0.2) is 12.7 Å². The molecule has 66 valence electrons.